The van der Waals surface area contributed by atoms with E-state index in [9.17, 15) is 4.79 Å². The molecular formula is C14H28N2O2. The standard InChI is InChI=1S/C14H28N2O2/c1-5-14(7-6-8-14)11(9-15)10-16-12(17)18-13(2,3)4/h11H,5-10,15H2,1-4H3,(H,16,17). The normalized spacial score (nSPS) is 19.8. The van der Waals surface area contributed by atoms with Crippen molar-refractivity contribution < 1.29 is 9.53 Å². The van der Waals surface area contributed by atoms with Crippen molar-refractivity contribution in [2.75, 3.05) is 13.1 Å². The lowest BCUT2D eigenvalue weighted by Gasteiger charge is -2.47. The zero-order valence-electron chi connectivity index (χ0n) is 12.2. The molecule has 0 aliphatic heterocycles. The molecule has 1 unspecified atom stereocenters. The Balaban J connectivity index is 2.43. The molecule has 1 aliphatic carbocycles. The summed E-state index contributed by atoms with van der Waals surface area (Å²) in [7, 11) is 0. The third kappa shape index (κ3) is 3.87. The monoisotopic (exact) mass is 256 g/mol. The quantitative estimate of drug-likeness (QED) is 0.795. The molecule has 0 radical (unpaired) electrons. The van der Waals surface area contributed by atoms with Crippen molar-refractivity contribution in [3.8, 4) is 0 Å². The number of rotatable bonds is 5. The van der Waals surface area contributed by atoms with E-state index in [4.69, 9.17) is 10.5 Å². The lowest BCUT2D eigenvalue weighted by molar-refractivity contribution is 0.0340. The Kier molecular flexibility index (Phi) is 5.02. The van der Waals surface area contributed by atoms with E-state index in [0.717, 1.165) is 6.42 Å². The molecule has 0 aromatic carbocycles. The molecular weight excluding hydrogens is 228 g/mol. The number of hydrogen-bond donors (Lipinski definition) is 2. The summed E-state index contributed by atoms with van der Waals surface area (Å²) in [5, 5.41) is 2.86. The molecule has 0 aromatic rings. The van der Waals surface area contributed by atoms with Crippen LogP contribution in [0.1, 0.15) is 53.4 Å². The fourth-order valence-corrected chi connectivity index (χ4v) is 2.75. The Morgan fingerprint density at radius 3 is 2.39 bits per heavy atom. The van der Waals surface area contributed by atoms with Crippen molar-refractivity contribution in [1.82, 2.24) is 5.32 Å². The maximum absolute atomic E-state index is 11.6. The van der Waals surface area contributed by atoms with Crippen molar-refractivity contribution in [2.24, 2.45) is 17.1 Å². The van der Waals surface area contributed by atoms with Gasteiger partial charge in [0.2, 0.25) is 0 Å². The molecule has 1 fully saturated rings. The Hall–Kier alpha value is -0.770. The van der Waals surface area contributed by atoms with E-state index in [2.05, 4.69) is 12.2 Å². The minimum Gasteiger partial charge on any atom is -0.444 e. The second kappa shape index (κ2) is 5.91. The van der Waals surface area contributed by atoms with Crippen LogP contribution in [0.3, 0.4) is 0 Å². The second-order valence-electron chi connectivity index (χ2n) is 6.38. The Morgan fingerprint density at radius 1 is 1.44 bits per heavy atom. The highest BCUT2D eigenvalue weighted by atomic mass is 16.6. The molecule has 1 saturated carbocycles. The van der Waals surface area contributed by atoms with Gasteiger partial charge in [-0.05, 0) is 51.5 Å². The van der Waals surface area contributed by atoms with Crippen LogP contribution in [0.15, 0.2) is 0 Å². The largest absolute Gasteiger partial charge is 0.444 e. The van der Waals surface area contributed by atoms with Gasteiger partial charge in [-0.3, -0.25) is 0 Å². The fourth-order valence-electron chi connectivity index (χ4n) is 2.75. The molecule has 0 heterocycles. The van der Waals surface area contributed by atoms with Gasteiger partial charge in [-0.2, -0.15) is 0 Å². The highest BCUT2D eigenvalue weighted by Gasteiger charge is 2.41. The van der Waals surface area contributed by atoms with E-state index in [1.165, 1.54) is 19.3 Å². The van der Waals surface area contributed by atoms with Crippen LogP contribution in [-0.2, 0) is 4.74 Å². The van der Waals surface area contributed by atoms with Gasteiger partial charge in [-0.25, -0.2) is 4.79 Å². The molecule has 0 spiro atoms. The summed E-state index contributed by atoms with van der Waals surface area (Å²) in [6.07, 6.45) is 4.57. The fraction of sp³-hybridized carbons (Fsp3) is 0.929. The van der Waals surface area contributed by atoms with Crippen molar-refractivity contribution in [3.05, 3.63) is 0 Å². The Morgan fingerprint density at radius 2 is 2.06 bits per heavy atom. The molecule has 1 atom stereocenters. The van der Waals surface area contributed by atoms with Gasteiger partial charge in [0.1, 0.15) is 5.60 Å². The van der Waals surface area contributed by atoms with Crippen LogP contribution in [0.5, 0.6) is 0 Å². The molecule has 0 bridgehead atoms. The van der Waals surface area contributed by atoms with Gasteiger partial charge in [0, 0.05) is 6.54 Å². The van der Waals surface area contributed by atoms with Crippen LogP contribution in [0.4, 0.5) is 4.79 Å². The summed E-state index contributed by atoms with van der Waals surface area (Å²) in [6.45, 7) is 9.07. The molecule has 0 aromatic heterocycles. The first kappa shape index (κ1) is 15.3. The number of ether oxygens (including phenoxy) is 1. The molecule has 1 rings (SSSR count). The van der Waals surface area contributed by atoms with Gasteiger partial charge < -0.3 is 15.8 Å². The van der Waals surface area contributed by atoms with E-state index in [1.807, 2.05) is 20.8 Å². The van der Waals surface area contributed by atoms with Crippen LogP contribution in [0.25, 0.3) is 0 Å². The third-order valence-electron chi connectivity index (χ3n) is 4.10. The summed E-state index contributed by atoms with van der Waals surface area (Å²) >= 11 is 0. The van der Waals surface area contributed by atoms with Crippen molar-refractivity contribution >= 4 is 6.09 Å². The van der Waals surface area contributed by atoms with E-state index in [1.54, 1.807) is 0 Å². The predicted molar refractivity (Wildman–Crippen MR) is 73.4 cm³/mol. The van der Waals surface area contributed by atoms with E-state index >= 15 is 0 Å². The lowest BCUT2D eigenvalue weighted by atomic mass is 9.59. The van der Waals surface area contributed by atoms with Crippen LogP contribution < -0.4 is 11.1 Å². The molecule has 0 saturated heterocycles. The second-order valence-corrected chi connectivity index (χ2v) is 6.38. The zero-order chi connectivity index (χ0) is 13.8. The van der Waals surface area contributed by atoms with Crippen LogP contribution in [-0.4, -0.2) is 24.8 Å². The minimum atomic E-state index is -0.443. The van der Waals surface area contributed by atoms with Gasteiger partial charge >= 0.3 is 6.09 Å². The van der Waals surface area contributed by atoms with E-state index < -0.39 is 5.60 Å². The van der Waals surface area contributed by atoms with Crippen LogP contribution >= 0.6 is 0 Å². The van der Waals surface area contributed by atoms with Crippen molar-refractivity contribution in [3.63, 3.8) is 0 Å². The summed E-state index contributed by atoms with van der Waals surface area (Å²) in [5.41, 5.74) is 5.77. The third-order valence-corrected chi connectivity index (χ3v) is 4.10. The maximum atomic E-state index is 11.6. The highest BCUT2D eigenvalue weighted by molar-refractivity contribution is 5.67. The predicted octanol–water partition coefficient (Wildman–Crippen LogP) is 2.67. The summed E-state index contributed by atoms with van der Waals surface area (Å²) in [4.78, 5) is 11.6. The molecule has 4 nitrogen and oxygen atoms in total. The topological polar surface area (TPSA) is 64.3 Å². The van der Waals surface area contributed by atoms with Gasteiger partial charge in [0.05, 0.1) is 0 Å². The molecule has 3 N–H and O–H groups in total. The number of hydrogen-bond acceptors (Lipinski definition) is 3. The van der Waals surface area contributed by atoms with Crippen LogP contribution in [0.2, 0.25) is 0 Å². The number of carbonyl (C=O) groups excluding carboxylic acids is 1. The van der Waals surface area contributed by atoms with Gasteiger partial charge in [0.25, 0.3) is 0 Å². The zero-order valence-corrected chi connectivity index (χ0v) is 12.2. The van der Waals surface area contributed by atoms with E-state index in [0.29, 0.717) is 24.4 Å². The maximum Gasteiger partial charge on any atom is 0.407 e. The summed E-state index contributed by atoms with van der Waals surface area (Å²) < 4.78 is 5.24. The first-order valence-corrected chi connectivity index (χ1v) is 7.00. The van der Waals surface area contributed by atoms with Gasteiger partial charge in [-0.1, -0.05) is 19.8 Å². The van der Waals surface area contributed by atoms with Crippen molar-refractivity contribution in [1.29, 1.82) is 0 Å². The smallest absolute Gasteiger partial charge is 0.407 e. The van der Waals surface area contributed by atoms with E-state index in [-0.39, 0.29) is 6.09 Å². The van der Waals surface area contributed by atoms with Gasteiger partial charge in [0.15, 0.2) is 0 Å². The minimum absolute atomic E-state index is 0.341. The molecule has 18 heavy (non-hydrogen) atoms. The summed E-state index contributed by atoms with van der Waals surface area (Å²) in [6, 6.07) is 0. The summed E-state index contributed by atoms with van der Waals surface area (Å²) in [5.74, 6) is 0.365. The van der Waals surface area contributed by atoms with Crippen molar-refractivity contribution in [2.45, 2.75) is 59.0 Å². The number of alkyl carbamates (subject to hydrolysis) is 1. The highest BCUT2D eigenvalue weighted by Crippen LogP contribution is 2.49. The lowest BCUT2D eigenvalue weighted by Crippen LogP contribution is -2.47. The first-order valence-electron chi connectivity index (χ1n) is 7.00. The Labute approximate surface area is 111 Å². The number of nitrogens with two attached hydrogens (primary N) is 1. The molecule has 106 valence electrons. The van der Waals surface area contributed by atoms with Gasteiger partial charge in [-0.15, -0.1) is 0 Å². The number of carbonyl (C=O) groups is 1. The SMILES string of the molecule is CCC1(C(CN)CNC(=O)OC(C)(C)C)CCC1. The average molecular weight is 256 g/mol. The average Bonchev–Trinajstić information content (AvgIpc) is 2.19. The number of amides is 1. The number of nitrogens with one attached hydrogen (secondary N) is 1. The molecule has 1 amide bonds. The molecule has 4 heteroatoms. The molecule has 1 aliphatic rings. The first-order chi connectivity index (χ1) is 8.33. The van der Waals surface area contributed by atoms with Crippen LogP contribution in [0, 0.1) is 11.3 Å². The Bertz CT molecular complexity index is 274.